The summed E-state index contributed by atoms with van der Waals surface area (Å²) < 4.78 is 25.1. The van der Waals surface area contributed by atoms with Gasteiger partial charge in [0, 0.05) is 6.04 Å². The molecule has 1 aromatic rings. The van der Waals surface area contributed by atoms with Gasteiger partial charge < -0.3 is 5.32 Å². The lowest BCUT2D eigenvalue weighted by atomic mass is 9.95. The molecule has 0 spiro atoms. The van der Waals surface area contributed by atoms with Crippen LogP contribution in [0.4, 0.5) is 0 Å². The third-order valence-electron chi connectivity index (χ3n) is 4.03. The minimum Gasteiger partial charge on any atom is -0.314 e. The average Bonchev–Trinajstić information content (AvgIpc) is 2.46. The minimum absolute atomic E-state index is 0.175. The second-order valence-corrected chi connectivity index (χ2v) is 8.01. The maximum absolute atomic E-state index is 12.5. The highest BCUT2D eigenvalue weighted by Gasteiger charge is 2.31. The van der Waals surface area contributed by atoms with Crippen molar-refractivity contribution in [3.05, 3.63) is 35.9 Å². The van der Waals surface area contributed by atoms with Gasteiger partial charge in [-0.3, -0.25) is 0 Å². The van der Waals surface area contributed by atoms with Gasteiger partial charge in [-0.25, -0.2) is 8.42 Å². The number of hydrogen-bond acceptors (Lipinski definition) is 3. The van der Waals surface area contributed by atoms with Gasteiger partial charge in [-0.2, -0.15) is 0 Å². The van der Waals surface area contributed by atoms with E-state index in [2.05, 4.69) is 12.2 Å². The number of sulfone groups is 1. The van der Waals surface area contributed by atoms with E-state index in [1.807, 2.05) is 30.3 Å². The van der Waals surface area contributed by atoms with Crippen LogP contribution in [0.3, 0.4) is 0 Å². The lowest BCUT2D eigenvalue weighted by molar-refractivity contribution is 0.372. The molecule has 0 amide bonds. The zero-order valence-corrected chi connectivity index (χ0v) is 13.0. The van der Waals surface area contributed by atoms with Crippen LogP contribution in [0, 0.1) is 0 Å². The van der Waals surface area contributed by atoms with E-state index in [-0.39, 0.29) is 11.0 Å². The van der Waals surface area contributed by atoms with Gasteiger partial charge in [0.2, 0.25) is 0 Å². The molecule has 0 radical (unpaired) electrons. The van der Waals surface area contributed by atoms with Crippen LogP contribution in [0.1, 0.15) is 44.6 Å². The van der Waals surface area contributed by atoms with E-state index in [0.29, 0.717) is 6.04 Å². The number of nitrogens with one attached hydrogen (secondary N) is 1. The van der Waals surface area contributed by atoms with Crippen molar-refractivity contribution in [1.82, 2.24) is 5.32 Å². The van der Waals surface area contributed by atoms with E-state index in [4.69, 9.17) is 0 Å². The molecule has 1 aromatic carbocycles. The largest absolute Gasteiger partial charge is 0.314 e. The summed E-state index contributed by atoms with van der Waals surface area (Å²) in [6, 6.07) is 9.88. The van der Waals surface area contributed by atoms with Gasteiger partial charge in [0.05, 0.1) is 11.0 Å². The smallest absolute Gasteiger partial charge is 0.157 e. The molecule has 1 fully saturated rings. The Bertz CT molecular complexity index is 498. The van der Waals surface area contributed by atoms with Crippen LogP contribution in [0.15, 0.2) is 30.3 Å². The molecule has 0 saturated heterocycles. The Labute approximate surface area is 122 Å². The molecule has 1 aliphatic rings. The second-order valence-electron chi connectivity index (χ2n) is 5.73. The SMILES string of the molecule is CCCNC1CCCC(S(=O)(=O)Cc2ccccc2)C1. The van der Waals surface area contributed by atoms with Crippen LogP contribution >= 0.6 is 0 Å². The molecule has 20 heavy (non-hydrogen) atoms. The molecule has 1 aliphatic carbocycles. The van der Waals surface area contributed by atoms with Gasteiger partial charge in [0.25, 0.3) is 0 Å². The Hall–Kier alpha value is -0.870. The third-order valence-corrected chi connectivity index (χ3v) is 6.21. The normalized spacial score (nSPS) is 23.6. The van der Waals surface area contributed by atoms with Crippen molar-refractivity contribution in [2.24, 2.45) is 0 Å². The quantitative estimate of drug-likeness (QED) is 0.877. The summed E-state index contributed by atoms with van der Waals surface area (Å²) in [5.74, 6) is 0.180. The molecule has 4 heteroatoms. The first kappa shape index (κ1) is 15.5. The van der Waals surface area contributed by atoms with Gasteiger partial charge in [0.15, 0.2) is 9.84 Å². The summed E-state index contributed by atoms with van der Waals surface area (Å²) in [6.45, 7) is 3.12. The molecule has 0 heterocycles. The molecule has 112 valence electrons. The van der Waals surface area contributed by atoms with E-state index < -0.39 is 9.84 Å². The lowest BCUT2D eigenvalue weighted by Gasteiger charge is -2.29. The average molecular weight is 295 g/mol. The summed E-state index contributed by atoms with van der Waals surface area (Å²) in [7, 11) is -3.03. The second kappa shape index (κ2) is 7.23. The summed E-state index contributed by atoms with van der Waals surface area (Å²) in [6.07, 6.45) is 4.81. The van der Waals surface area contributed by atoms with Gasteiger partial charge in [-0.05, 0) is 37.8 Å². The van der Waals surface area contributed by atoms with Crippen LogP contribution in [0.25, 0.3) is 0 Å². The highest BCUT2D eigenvalue weighted by Crippen LogP contribution is 2.26. The van der Waals surface area contributed by atoms with Crippen molar-refractivity contribution < 1.29 is 8.42 Å². The van der Waals surface area contributed by atoms with Crippen LogP contribution < -0.4 is 5.32 Å². The fourth-order valence-corrected chi connectivity index (χ4v) is 4.87. The Balaban J connectivity index is 1.98. The fraction of sp³-hybridized carbons (Fsp3) is 0.625. The van der Waals surface area contributed by atoms with Crippen molar-refractivity contribution in [3.8, 4) is 0 Å². The van der Waals surface area contributed by atoms with E-state index in [0.717, 1.165) is 44.2 Å². The molecular weight excluding hydrogens is 270 g/mol. The molecule has 3 nitrogen and oxygen atoms in total. The highest BCUT2D eigenvalue weighted by molar-refractivity contribution is 7.91. The summed E-state index contributed by atoms with van der Waals surface area (Å²) in [5.41, 5.74) is 0.899. The first-order valence-electron chi connectivity index (χ1n) is 7.60. The van der Waals surface area contributed by atoms with Crippen molar-refractivity contribution >= 4 is 9.84 Å². The van der Waals surface area contributed by atoms with E-state index in [9.17, 15) is 8.42 Å². The standard InChI is InChI=1S/C16H25NO2S/c1-2-11-17-15-9-6-10-16(12-15)20(18,19)13-14-7-4-3-5-8-14/h3-5,7-8,15-17H,2,6,9-13H2,1H3. The van der Waals surface area contributed by atoms with E-state index in [1.165, 1.54) is 0 Å². The molecule has 0 aliphatic heterocycles. The molecule has 0 bridgehead atoms. The van der Waals surface area contributed by atoms with Gasteiger partial charge >= 0.3 is 0 Å². The Kier molecular flexibility index (Phi) is 5.61. The Morgan fingerprint density at radius 3 is 2.65 bits per heavy atom. The van der Waals surface area contributed by atoms with Crippen LogP contribution in [0.2, 0.25) is 0 Å². The summed E-state index contributed by atoms with van der Waals surface area (Å²) in [5, 5.41) is 3.30. The lowest BCUT2D eigenvalue weighted by Crippen LogP contribution is -2.39. The Morgan fingerprint density at radius 2 is 1.95 bits per heavy atom. The molecule has 2 atom stereocenters. The zero-order chi connectivity index (χ0) is 14.4. The minimum atomic E-state index is -3.03. The third kappa shape index (κ3) is 4.32. The topological polar surface area (TPSA) is 46.2 Å². The number of benzene rings is 1. The van der Waals surface area contributed by atoms with Crippen molar-refractivity contribution in [2.75, 3.05) is 6.54 Å². The maximum Gasteiger partial charge on any atom is 0.157 e. The summed E-state index contributed by atoms with van der Waals surface area (Å²) >= 11 is 0. The molecule has 2 unspecified atom stereocenters. The summed E-state index contributed by atoms with van der Waals surface area (Å²) in [4.78, 5) is 0. The predicted molar refractivity (Wildman–Crippen MR) is 83.4 cm³/mol. The van der Waals surface area contributed by atoms with Gasteiger partial charge in [-0.15, -0.1) is 0 Å². The van der Waals surface area contributed by atoms with Crippen LogP contribution in [0.5, 0.6) is 0 Å². The highest BCUT2D eigenvalue weighted by atomic mass is 32.2. The molecule has 2 rings (SSSR count). The van der Waals surface area contributed by atoms with Gasteiger partial charge in [0.1, 0.15) is 0 Å². The maximum atomic E-state index is 12.5. The van der Waals surface area contributed by atoms with Crippen molar-refractivity contribution in [3.63, 3.8) is 0 Å². The van der Waals surface area contributed by atoms with Crippen LogP contribution in [-0.4, -0.2) is 26.3 Å². The van der Waals surface area contributed by atoms with E-state index in [1.54, 1.807) is 0 Å². The van der Waals surface area contributed by atoms with Crippen LogP contribution in [-0.2, 0) is 15.6 Å². The molecule has 1 saturated carbocycles. The monoisotopic (exact) mass is 295 g/mol. The first-order chi connectivity index (χ1) is 9.62. The molecule has 0 aromatic heterocycles. The molecular formula is C16H25NO2S. The first-order valence-corrected chi connectivity index (χ1v) is 9.32. The molecule has 1 N–H and O–H groups in total. The predicted octanol–water partition coefficient (Wildman–Crippen LogP) is 2.91. The Morgan fingerprint density at radius 1 is 1.20 bits per heavy atom. The van der Waals surface area contributed by atoms with E-state index >= 15 is 0 Å². The zero-order valence-electron chi connectivity index (χ0n) is 12.2. The number of hydrogen-bond donors (Lipinski definition) is 1. The number of rotatable bonds is 6. The van der Waals surface area contributed by atoms with Crippen molar-refractivity contribution in [2.45, 2.75) is 56.1 Å². The van der Waals surface area contributed by atoms with Gasteiger partial charge in [-0.1, -0.05) is 43.7 Å². The fourth-order valence-electron chi connectivity index (χ4n) is 2.93. The van der Waals surface area contributed by atoms with Crippen molar-refractivity contribution in [1.29, 1.82) is 0 Å².